The molecular weight excluding hydrogens is 361 g/mol. The molecule has 1 aromatic heterocycles. The maximum absolute atomic E-state index is 12.0. The summed E-state index contributed by atoms with van der Waals surface area (Å²) in [4.78, 5) is 16.6. The molecule has 0 saturated heterocycles. The fraction of sp³-hybridized carbons (Fsp3) is 0.222. The van der Waals surface area contributed by atoms with Crippen LogP contribution in [0.4, 0.5) is 0 Å². The average molecular weight is 378 g/mol. The van der Waals surface area contributed by atoms with E-state index < -0.39 is 0 Å². The summed E-state index contributed by atoms with van der Waals surface area (Å²) in [7, 11) is 0. The number of carbonyl (C=O) groups excluding carboxylic acids is 1. The molecule has 0 unspecified atom stereocenters. The molecule has 2 aliphatic rings. The molecule has 1 aliphatic heterocycles. The predicted octanol–water partition coefficient (Wildman–Crippen LogP) is 3.28. The van der Waals surface area contributed by atoms with Gasteiger partial charge in [0.2, 0.25) is 0 Å². The topological polar surface area (TPSA) is 42.0 Å². The van der Waals surface area contributed by atoms with Crippen LogP contribution in [0.2, 0.25) is 0 Å². The third-order valence-electron chi connectivity index (χ3n) is 3.68. The molecule has 1 aliphatic carbocycles. The van der Waals surface area contributed by atoms with Crippen molar-refractivity contribution in [3.63, 3.8) is 0 Å². The van der Waals surface area contributed by atoms with E-state index in [1.54, 1.807) is 0 Å². The zero-order valence-corrected chi connectivity index (χ0v) is 14.3. The number of rotatable bonds is 1. The van der Waals surface area contributed by atoms with Crippen molar-refractivity contribution in [2.24, 2.45) is 0 Å². The van der Waals surface area contributed by atoms with Crippen LogP contribution in [0.25, 0.3) is 5.57 Å². The van der Waals surface area contributed by atoms with Crippen molar-refractivity contribution in [3.8, 4) is 0 Å². The number of amides is 1. The first-order valence-corrected chi connectivity index (χ1v) is 7.10. The largest absolute Gasteiger partial charge is 1.00 e. The van der Waals surface area contributed by atoms with Crippen LogP contribution in [0, 0.1) is 13.0 Å². The quantitative estimate of drug-likeness (QED) is 0.602. The first kappa shape index (κ1) is 16.6. The Morgan fingerprint density at radius 2 is 2.18 bits per heavy atom. The Labute approximate surface area is 143 Å². The van der Waals surface area contributed by atoms with E-state index in [2.05, 4.69) is 34.6 Å². The number of pyridine rings is 1. The number of hydrogen-bond donors (Lipinski definition) is 1. The van der Waals surface area contributed by atoms with E-state index >= 15 is 0 Å². The van der Waals surface area contributed by atoms with E-state index in [0.717, 1.165) is 28.9 Å². The summed E-state index contributed by atoms with van der Waals surface area (Å²) in [6.45, 7) is 4.49. The van der Waals surface area contributed by atoms with Gasteiger partial charge in [-0.1, -0.05) is 47.7 Å². The number of hydrogen-bond acceptors (Lipinski definition) is 2. The Hall–Kier alpha value is -1.80. The van der Waals surface area contributed by atoms with E-state index in [1.807, 2.05) is 32.1 Å². The fourth-order valence-corrected chi connectivity index (χ4v) is 2.61. The van der Waals surface area contributed by atoms with Crippen molar-refractivity contribution in [1.82, 2.24) is 10.3 Å². The number of aryl methyl sites for hydroxylation is 1. The van der Waals surface area contributed by atoms with Crippen LogP contribution in [-0.2, 0) is 26.0 Å². The van der Waals surface area contributed by atoms with Gasteiger partial charge in [-0.2, -0.15) is 5.56 Å². The third kappa shape index (κ3) is 3.17. The Morgan fingerprint density at radius 1 is 1.36 bits per heavy atom. The zero-order chi connectivity index (χ0) is 14.8. The molecule has 4 heteroatoms. The smallest absolute Gasteiger partial charge is 0.366 e. The normalized spacial score (nSPS) is 18.2. The standard InChI is InChI=1S/C18H17N2O.Ru/c1-3-13-6-4-8-14(9-5-7-13)17-16-15(10-12(2)20-17)11-19-18(16)21;/h3-6,8-9H,7,11H2,1-2H3,(H,19,21);/q-1;+1/b6-4?,9-5?,13-3-,14-8?;. The van der Waals surface area contributed by atoms with Crippen LogP contribution in [0.3, 0.4) is 0 Å². The Balaban J connectivity index is 0.00000176. The van der Waals surface area contributed by atoms with Crippen molar-refractivity contribution in [2.45, 2.75) is 26.8 Å². The number of carbonyl (C=O) groups is 1. The molecule has 0 bridgehead atoms. The monoisotopic (exact) mass is 379 g/mol. The number of aromatic nitrogens is 1. The van der Waals surface area contributed by atoms with Crippen molar-refractivity contribution < 1.29 is 24.3 Å². The van der Waals surface area contributed by atoms with E-state index in [4.69, 9.17) is 0 Å². The van der Waals surface area contributed by atoms with E-state index in [-0.39, 0.29) is 25.4 Å². The van der Waals surface area contributed by atoms with Crippen LogP contribution < -0.4 is 5.32 Å². The van der Waals surface area contributed by atoms with Crippen molar-refractivity contribution in [3.05, 3.63) is 70.6 Å². The molecule has 2 heterocycles. The zero-order valence-electron chi connectivity index (χ0n) is 12.6. The molecule has 0 spiro atoms. The van der Waals surface area contributed by atoms with Gasteiger partial charge in [0.1, 0.15) is 0 Å². The average Bonchev–Trinajstić information content (AvgIpc) is 2.79. The molecule has 1 radical (unpaired) electrons. The van der Waals surface area contributed by atoms with E-state index in [1.165, 1.54) is 5.57 Å². The molecule has 3 rings (SSSR count). The van der Waals surface area contributed by atoms with E-state index in [9.17, 15) is 4.79 Å². The summed E-state index contributed by atoms with van der Waals surface area (Å²) < 4.78 is 0. The van der Waals surface area contributed by atoms with Gasteiger partial charge >= 0.3 is 19.5 Å². The molecule has 3 nitrogen and oxygen atoms in total. The molecule has 22 heavy (non-hydrogen) atoms. The maximum Gasteiger partial charge on any atom is 1.00 e. The van der Waals surface area contributed by atoms with Crippen LogP contribution in [0.5, 0.6) is 0 Å². The fourth-order valence-electron chi connectivity index (χ4n) is 2.61. The van der Waals surface area contributed by atoms with Crippen LogP contribution in [0.15, 0.2) is 42.0 Å². The van der Waals surface area contributed by atoms with Gasteiger partial charge in [-0.25, -0.2) is 6.07 Å². The van der Waals surface area contributed by atoms with Gasteiger partial charge in [-0.15, -0.1) is 0 Å². The van der Waals surface area contributed by atoms with E-state index in [0.29, 0.717) is 12.1 Å². The molecule has 0 saturated carbocycles. The van der Waals surface area contributed by atoms with Crippen LogP contribution in [-0.4, -0.2) is 10.9 Å². The Kier molecular flexibility index (Phi) is 5.25. The summed E-state index contributed by atoms with van der Waals surface area (Å²) in [6, 6.07) is 3.17. The van der Waals surface area contributed by atoms with Gasteiger partial charge < -0.3 is 5.32 Å². The maximum atomic E-state index is 12.0. The molecule has 0 atom stereocenters. The number of nitrogens with one attached hydrogen (secondary N) is 1. The van der Waals surface area contributed by atoms with Gasteiger partial charge in [0.05, 0.1) is 0 Å². The van der Waals surface area contributed by atoms with Gasteiger partial charge in [0, 0.05) is 12.2 Å². The molecule has 0 aromatic carbocycles. The van der Waals surface area contributed by atoms with Gasteiger partial charge in [0.25, 0.3) is 0 Å². The van der Waals surface area contributed by atoms with Crippen LogP contribution in [0.1, 0.15) is 40.7 Å². The van der Waals surface area contributed by atoms with Crippen molar-refractivity contribution >= 4 is 11.5 Å². The Bertz CT molecular complexity index is 727. The van der Waals surface area contributed by atoms with Crippen molar-refractivity contribution in [2.75, 3.05) is 0 Å². The second-order valence-corrected chi connectivity index (χ2v) is 5.16. The summed E-state index contributed by atoms with van der Waals surface area (Å²) >= 11 is 0. The number of allylic oxidation sites excluding steroid dienone is 8. The molecule has 1 amide bonds. The summed E-state index contributed by atoms with van der Waals surface area (Å²) in [5.74, 6) is -0.0572. The molecule has 113 valence electrons. The van der Waals surface area contributed by atoms with Crippen LogP contribution >= 0.6 is 0 Å². The SMILES string of the molecule is C/C=C1/C=CC=C(c2nc(C)[c-]c3c2C(=O)NC3)C=CC1.[Ru+]. The minimum absolute atomic E-state index is 0. The first-order valence-electron chi connectivity index (χ1n) is 7.10. The number of fused-ring (bicyclic) bond motifs is 1. The summed E-state index contributed by atoms with van der Waals surface area (Å²) in [6.07, 6.45) is 13.2. The first-order chi connectivity index (χ1) is 10.2. The van der Waals surface area contributed by atoms with Crippen molar-refractivity contribution in [1.29, 1.82) is 0 Å². The minimum Gasteiger partial charge on any atom is -0.366 e. The van der Waals surface area contributed by atoms with Gasteiger partial charge in [-0.3, -0.25) is 9.78 Å². The second kappa shape index (κ2) is 6.98. The predicted molar refractivity (Wildman–Crippen MR) is 83.6 cm³/mol. The Morgan fingerprint density at radius 3 is 2.95 bits per heavy atom. The number of nitrogens with zero attached hydrogens (tertiary/aromatic N) is 1. The minimum atomic E-state index is -0.0572. The third-order valence-corrected chi connectivity index (χ3v) is 3.68. The summed E-state index contributed by atoms with van der Waals surface area (Å²) in [5.41, 5.74) is 5.38. The molecule has 1 aromatic rings. The second-order valence-electron chi connectivity index (χ2n) is 5.16. The van der Waals surface area contributed by atoms with Gasteiger partial charge in [-0.05, 0) is 31.4 Å². The summed E-state index contributed by atoms with van der Waals surface area (Å²) in [5, 5.41) is 2.85. The molecular formula is C18H17N2ORu. The molecule has 0 fully saturated rings. The molecule has 1 N–H and O–H groups in total. The van der Waals surface area contributed by atoms with Gasteiger partial charge in [0.15, 0.2) is 5.91 Å².